The van der Waals surface area contributed by atoms with Crippen molar-refractivity contribution in [3.8, 4) is 0 Å². The molecule has 8 nitrogen and oxygen atoms in total. The number of H-pyrrole nitrogens is 1. The van der Waals surface area contributed by atoms with Crippen molar-refractivity contribution in [3.63, 3.8) is 0 Å². The van der Waals surface area contributed by atoms with Gasteiger partial charge in [0.25, 0.3) is 5.56 Å². The molecule has 0 radical (unpaired) electrons. The third-order valence-electron chi connectivity index (χ3n) is 3.12. The lowest BCUT2D eigenvalue weighted by Crippen LogP contribution is -2.36. The van der Waals surface area contributed by atoms with E-state index in [1.807, 2.05) is 24.6 Å². The van der Waals surface area contributed by atoms with Crippen LogP contribution < -0.4 is 22.3 Å². The molecular formula is C13H20N6O2. The molecule has 0 spiro atoms. The second-order valence-corrected chi connectivity index (χ2v) is 4.98. The van der Waals surface area contributed by atoms with Crippen LogP contribution in [0, 0.1) is 0 Å². The molecule has 2 aromatic heterocycles. The van der Waals surface area contributed by atoms with Crippen molar-refractivity contribution in [2.75, 3.05) is 11.1 Å². The molecule has 8 heteroatoms. The van der Waals surface area contributed by atoms with E-state index in [2.05, 4.69) is 15.3 Å². The van der Waals surface area contributed by atoms with E-state index in [4.69, 9.17) is 5.73 Å². The van der Waals surface area contributed by atoms with Crippen molar-refractivity contribution in [2.45, 2.75) is 39.4 Å². The Kier molecular flexibility index (Phi) is 4.46. The van der Waals surface area contributed by atoms with Gasteiger partial charge in [-0.1, -0.05) is 6.92 Å². The topological polar surface area (TPSA) is 111 Å². The highest BCUT2D eigenvalue weighted by Crippen LogP contribution is 2.12. The fraction of sp³-hybridized carbons (Fsp3) is 0.462. The molecule has 1 atom stereocenters. The molecule has 114 valence electrons. The zero-order valence-electron chi connectivity index (χ0n) is 12.2. The Hall–Kier alpha value is -2.51. The van der Waals surface area contributed by atoms with Crippen LogP contribution >= 0.6 is 0 Å². The van der Waals surface area contributed by atoms with Gasteiger partial charge in [0.2, 0.25) is 0 Å². The van der Waals surface area contributed by atoms with Crippen LogP contribution in [0.3, 0.4) is 0 Å². The Morgan fingerprint density at radius 1 is 1.48 bits per heavy atom. The number of rotatable bonds is 6. The number of aromatic nitrogens is 4. The Morgan fingerprint density at radius 2 is 2.24 bits per heavy atom. The van der Waals surface area contributed by atoms with Gasteiger partial charge in [-0.3, -0.25) is 14.3 Å². The van der Waals surface area contributed by atoms with E-state index in [1.165, 1.54) is 4.57 Å². The van der Waals surface area contributed by atoms with Crippen LogP contribution in [0.2, 0.25) is 0 Å². The summed E-state index contributed by atoms with van der Waals surface area (Å²) in [5.41, 5.74) is 5.21. The highest BCUT2D eigenvalue weighted by atomic mass is 16.2. The molecule has 2 heterocycles. The summed E-state index contributed by atoms with van der Waals surface area (Å²) in [5.74, 6) is 0.170. The second-order valence-electron chi connectivity index (χ2n) is 4.98. The number of nitrogens with two attached hydrogens (primary N) is 1. The van der Waals surface area contributed by atoms with Gasteiger partial charge in [0.1, 0.15) is 11.5 Å². The molecule has 0 bridgehead atoms. The highest BCUT2D eigenvalue weighted by Gasteiger charge is 2.14. The minimum absolute atomic E-state index is 0.0461. The van der Waals surface area contributed by atoms with Crippen LogP contribution in [0.4, 0.5) is 11.5 Å². The van der Waals surface area contributed by atoms with Crippen molar-refractivity contribution in [1.82, 2.24) is 19.1 Å². The fourth-order valence-electron chi connectivity index (χ4n) is 2.18. The highest BCUT2D eigenvalue weighted by molar-refractivity contribution is 5.60. The van der Waals surface area contributed by atoms with E-state index in [0.717, 1.165) is 6.42 Å². The normalized spacial score (nSPS) is 12.3. The van der Waals surface area contributed by atoms with Gasteiger partial charge in [-0.05, 0) is 13.3 Å². The first-order valence-corrected chi connectivity index (χ1v) is 6.87. The number of aromatic amines is 1. The molecule has 2 rings (SSSR count). The summed E-state index contributed by atoms with van der Waals surface area (Å²) in [6.07, 6.45) is 5.98. The summed E-state index contributed by atoms with van der Waals surface area (Å²) < 4.78 is 3.26. The first-order chi connectivity index (χ1) is 10.0. The molecule has 0 aromatic carbocycles. The van der Waals surface area contributed by atoms with Crippen molar-refractivity contribution in [1.29, 1.82) is 0 Å². The third kappa shape index (κ3) is 3.33. The predicted molar refractivity (Wildman–Crippen MR) is 81.3 cm³/mol. The number of hydrogen-bond acceptors (Lipinski definition) is 5. The van der Waals surface area contributed by atoms with E-state index in [-0.39, 0.29) is 17.5 Å². The maximum absolute atomic E-state index is 11.9. The monoisotopic (exact) mass is 292 g/mol. The summed E-state index contributed by atoms with van der Waals surface area (Å²) in [7, 11) is 0. The van der Waals surface area contributed by atoms with Crippen molar-refractivity contribution in [3.05, 3.63) is 39.6 Å². The largest absolute Gasteiger partial charge is 0.383 e. The number of anilines is 2. The Balaban J connectivity index is 2.25. The first-order valence-electron chi connectivity index (χ1n) is 6.87. The van der Waals surface area contributed by atoms with E-state index < -0.39 is 11.2 Å². The van der Waals surface area contributed by atoms with Crippen LogP contribution in [0.25, 0.3) is 0 Å². The second kappa shape index (κ2) is 6.29. The molecule has 0 aliphatic rings. The van der Waals surface area contributed by atoms with E-state index in [0.29, 0.717) is 13.1 Å². The molecular weight excluding hydrogens is 272 g/mol. The third-order valence-corrected chi connectivity index (χ3v) is 3.12. The Bertz CT molecular complexity index is 700. The lowest BCUT2D eigenvalue weighted by atomic mass is 10.3. The van der Waals surface area contributed by atoms with Gasteiger partial charge in [-0.25, -0.2) is 9.78 Å². The lowest BCUT2D eigenvalue weighted by molar-refractivity contribution is 0.611. The number of hydrogen-bond donors (Lipinski definition) is 3. The molecule has 0 amide bonds. The van der Waals surface area contributed by atoms with Crippen LogP contribution in [-0.4, -0.2) is 25.1 Å². The van der Waals surface area contributed by atoms with E-state index >= 15 is 0 Å². The molecule has 0 aliphatic carbocycles. The molecule has 0 saturated carbocycles. The molecule has 4 N–H and O–H groups in total. The summed E-state index contributed by atoms with van der Waals surface area (Å²) in [4.78, 5) is 29.9. The lowest BCUT2D eigenvalue weighted by Gasteiger charge is -2.18. The smallest absolute Gasteiger partial charge is 0.330 e. The molecule has 0 aliphatic heterocycles. The van der Waals surface area contributed by atoms with Crippen molar-refractivity contribution in [2.24, 2.45) is 0 Å². The van der Waals surface area contributed by atoms with Crippen LogP contribution in [0.1, 0.15) is 20.3 Å². The summed E-state index contributed by atoms with van der Waals surface area (Å²) in [6, 6.07) is -0.0461. The average Bonchev–Trinajstić information content (AvgIpc) is 2.92. The summed E-state index contributed by atoms with van der Waals surface area (Å²) in [6.45, 7) is 4.96. The van der Waals surface area contributed by atoms with Crippen molar-refractivity contribution >= 4 is 11.5 Å². The molecule has 1 unspecified atom stereocenters. The number of nitrogens with zero attached hydrogens (tertiary/aromatic N) is 3. The van der Waals surface area contributed by atoms with Gasteiger partial charge in [-0.2, -0.15) is 0 Å². The van der Waals surface area contributed by atoms with Crippen LogP contribution in [0.5, 0.6) is 0 Å². The van der Waals surface area contributed by atoms with Gasteiger partial charge in [-0.15, -0.1) is 0 Å². The quantitative estimate of drug-likeness (QED) is 0.705. The van der Waals surface area contributed by atoms with Crippen molar-refractivity contribution < 1.29 is 0 Å². The molecule has 2 aromatic rings. The summed E-state index contributed by atoms with van der Waals surface area (Å²) in [5, 5.41) is 3.07. The average molecular weight is 292 g/mol. The zero-order valence-corrected chi connectivity index (χ0v) is 12.2. The Labute approximate surface area is 121 Å². The number of nitrogens with one attached hydrogen (secondary N) is 2. The minimum atomic E-state index is -0.498. The van der Waals surface area contributed by atoms with Crippen LogP contribution in [-0.2, 0) is 13.1 Å². The van der Waals surface area contributed by atoms with Crippen LogP contribution in [0.15, 0.2) is 28.3 Å². The minimum Gasteiger partial charge on any atom is -0.383 e. The number of imidazole rings is 1. The molecule has 0 saturated heterocycles. The number of nitrogen functional groups attached to an aromatic ring is 1. The first kappa shape index (κ1) is 14.9. The maximum Gasteiger partial charge on any atom is 0.330 e. The zero-order chi connectivity index (χ0) is 15.4. The van der Waals surface area contributed by atoms with Gasteiger partial charge >= 0.3 is 5.69 Å². The standard InChI is InChI=1S/C13H20N6O2/c1-3-5-19-11(14)10(12(20)17-13(19)21)16-9(2)7-18-6-4-15-8-18/h4,6,8-9,16H,3,5,7,14H2,1-2H3,(H,17,20,21). The summed E-state index contributed by atoms with van der Waals surface area (Å²) >= 11 is 0. The molecule has 0 fully saturated rings. The van der Waals surface area contributed by atoms with Gasteiger partial charge in [0.15, 0.2) is 0 Å². The van der Waals surface area contributed by atoms with Gasteiger partial charge < -0.3 is 15.6 Å². The SMILES string of the molecule is CCCn1c(N)c(NC(C)Cn2ccnc2)c(=O)[nH]c1=O. The maximum atomic E-state index is 11.9. The van der Waals surface area contributed by atoms with Gasteiger partial charge in [0, 0.05) is 31.5 Å². The van der Waals surface area contributed by atoms with Gasteiger partial charge in [0.05, 0.1) is 6.33 Å². The molecule has 21 heavy (non-hydrogen) atoms. The van der Waals surface area contributed by atoms with E-state index in [9.17, 15) is 9.59 Å². The fourth-order valence-corrected chi connectivity index (χ4v) is 2.18. The van der Waals surface area contributed by atoms with E-state index in [1.54, 1.807) is 12.5 Å². The Morgan fingerprint density at radius 3 is 2.86 bits per heavy atom. The predicted octanol–water partition coefficient (Wildman–Crippen LogP) is 0.226.